The number of Topliss-reactive ketones (excluding diaryl/α,β-unsaturated/α-hetero) is 1. The number of halogens is 1. The number of hydrogen-bond donors (Lipinski definition) is 0. The second-order valence-electron chi connectivity index (χ2n) is 4.46. The third-order valence-corrected chi connectivity index (χ3v) is 3.42. The number of aromatic nitrogens is 2. The second kappa shape index (κ2) is 5.06. The molecule has 0 aliphatic heterocycles. The van der Waals surface area contributed by atoms with Crippen LogP contribution in [0.5, 0.6) is 0 Å². The van der Waals surface area contributed by atoms with E-state index in [4.69, 9.17) is 0 Å². The molecule has 0 atom stereocenters. The van der Waals surface area contributed by atoms with E-state index in [1.807, 2.05) is 45.2 Å². The van der Waals surface area contributed by atoms with E-state index in [2.05, 4.69) is 21.0 Å². The van der Waals surface area contributed by atoms with Crippen molar-refractivity contribution >= 4 is 21.7 Å². The molecular formula is C14H15BrN2O. The molecule has 0 N–H and O–H groups in total. The number of rotatable bonds is 3. The molecule has 18 heavy (non-hydrogen) atoms. The number of ketones is 1. The first-order valence-electron chi connectivity index (χ1n) is 5.76. The fourth-order valence-corrected chi connectivity index (χ4v) is 2.50. The Balaban J connectivity index is 2.24. The van der Waals surface area contributed by atoms with Crippen molar-refractivity contribution in [1.82, 2.24) is 9.78 Å². The highest BCUT2D eigenvalue weighted by molar-refractivity contribution is 9.10. The summed E-state index contributed by atoms with van der Waals surface area (Å²) in [6.45, 7) is 3.88. The molecule has 2 aromatic rings. The molecule has 0 fully saturated rings. The van der Waals surface area contributed by atoms with Gasteiger partial charge in [0.15, 0.2) is 5.78 Å². The molecular weight excluding hydrogens is 292 g/mol. The van der Waals surface area contributed by atoms with Crippen LogP contribution in [0.1, 0.15) is 27.3 Å². The first kappa shape index (κ1) is 13.0. The molecule has 1 aromatic carbocycles. The average molecular weight is 307 g/mol. The zero-order chi connectivity index (χ0) is 13.3. The molecule has 0 bridgehead atoms. The molecule has 2 rings (SSSR count). The highest BCUT2D eigenvalue weighted by Gasteiger charge is 2.12. The summed E-state index contributed by atoms with van der Waals surface area (Å²) in [5.41, 5.74) is 3.65. The summed E-state index contributed by atoms with van der Waals surface area (Å²) >= 11 is 3.40. The van der Waals surface area contributed by atoms with Crippen molar-refractivity contribution in [1.29, 1.82) is 0 Å². The summed E-state index contributed by atoms with van der Waals surface area (Å²) in [5.74, 6) is 0.128. The highest BCUT2D eigenvalue weighted by atomic mass is 79.9. The van der Waals surface area contributed by atoms with Gasteiger partial charge in [-0.05, 0) is 37.6 Å². The van der Waals surface area contributed by atoms with Gasteiger partial charge in [-0.2, -0.15) is 5.10 Å². The van der Waals surface area contributed by atoms with Crippen LogP contribution < -0.4 is 0 Å². The minimum atomic E-state index is 0.128. The van der Waals surface area contributed by atoms with E-state index in [9.17, 15) is 4.79 Å². The number of aryl methyl sites for hydroxylation is 3. The lowest BCUT2D eigenvalue weighted by Gasteiger charge is -2.05. The molecule has 1 aromatic heterocycles. The van der Waals surface area contributed by atoms with Crippen molar-refractivity contribution in [2.45, 2.75) is 20.3 Å². The van der Waals surface area contributed by atoms with Crippen molar-refractivity contribution in [3.05, 3.63) is 51.3 Å². The molecule has 0 spiro atoms. The van der Waals surface area contributed by atoms with Gasteiger partial charge < -0.3 is 0 Å². The van der Waals surface area contributed by atoms with Gasteiger partial charge in [0.2, 0.25) is 0 Å². The second-order valence-corrected chi connectivity index (χ2v) is 5.38. The van der Waals surface area contributed by atoms with Crippen molar-refractivity contribution in [3.8, 4) is 0 Å². The summed E-state index contributed by atoms with van der Waals surface area (Å²) in [6, 6.07) is 7.67. The van der Waals surface area contributed by atoms with Gasteiger partial charge in [0.1, 0.15) is 0 Å². The third kappa shape index (κ3) is 2.70. The lowest BCUT2D eigenvalue weighted by Crippen LogP contribution is -2.09. The lowest BCUT2D eigenvalue weighted by atomic mass is 10.0. The molecule has 94 valence electrons. The van der Waals surface area contributed by atoms with Crippen LogP contribution in [0.25, 0.3) is 0 Å². The Morgan fingerprint density at radius 2 is 2.06 bits per heavy atom. The molecule has 0 amide bonds. The van der Waals surface area contributed by atoms with E-state index in [1.54, 1.807) is 4.68 Å². The van der Waals surface area contributed by atoms with Crippen LogP contribution in [0.4, 0.5) is 0 Å². The molecule has 4 heteroatoms. The third-order valence-electron chi connectivity index (χ3n) is 2.93. The predicted molar refractivity (Wildman–Crippen MR) is 74.9 cm³/mol. The van der Waals surface area contributed by atoms with Crippen LogP contribution in [-0.2, 0) is 13.5 Å². The summed E-state index contributed by atoms with van der Waals surface area (Å²) in [5, 5.41) is 4.25. The Kier molecular flexibility index (Phi) is 3.66. The van der Waals surface area contributed by atoms with Gasteiger partial charge in [-0.15, -0.1) is 0 Å². The van der Waals surface area contributed by atoms with E-state index < -0.39 is 0 Å². The van der Waals surface area contributed by atoms with E-state index in [1.165, 1.54) is 0 Å². The van der Waals surface area contributed by atoms with Gasteiger partial charge in [0.25, 0.3) is 0 Å². The lowest BCUT2D eigenvalue weighted by molar-refractivity contribution is 0.0990. The van der Waals surface area contributed by atoms with Gasteiger partial charge in [0, 0.05) is 22.8 Å². The molecule has 0 aliphatic carbocycles. The average Bonchev–Trinajstić information content (AvgIpc) is 2.57. The predicted octanol–water partition coefficient (Wildman–Crippen LogP) is 3.22. The molecule has 0 aliphatic rings. The molecule has 3 nitrogen and oxygen atoms in total. The van der Waals surface area contributed by atoms with E-state index >= 15 is 0 Å². The smallest absolute Gasteiger partial charge is 0.169 e. The Morgan fingerprint density at radius 1 is 1.33 bits per heavy atom. The Labute approximate surface area is 115 Å². The summed E-state index contributed by atoms with van der Waals surface area (Å²) < 4.78 is 2.76. The molecule has 0 unspecified atom stereocenters. The van der Waals surface area contributed by atoms with Crippen LogP contribution >= 0.6 is 15.9 Å². The van der Waals surface area contributed by atoms with E-state index in [-0.39, 0.29) is 5.78 Å². The highest BCUT2D eigenvalue weighted by Crippen LogP contribution is 2.18. The Bertz CT molecular complexity index is 602. The summed E-state index contributed by atoms with van der Waals surface area (Å²) in [6.07, 6.45) is 0.389. The first-order valence-corrected chi connectivity index (χ1v) is 6.55. The normalized spacial score (nSPS) is 10.7. The van der Waals surface area contributed by atoms with Crippen molar-refractivity contribution in [2.75, 3.05) is 0 Å². The van der Waals surface area contributed by atoms with Gasteiger partial charge in [0.05, 0.1) is 12.1 Å². The number of hydrogen-bond acceptors (Lipinski definition) is 2. The van der Waals surface area contributed by atoms with Gasteiger partial charge in [-0.3, -0.25) is 9.48 Å². The van der Waals surface area contributed by atoms with Crippen LogP contribution in [-0.4, -0.2) is 15.6 Å². The monoisotopic (exact) mass is 306 g/mol. The number of benzene rings is 1. The Hall–Kier alpha value is -1.42. The quantitative estimate of drug-likeness (QED) is 0.816. The van der Waals surface area contributed by atoms with E-state index in [0.717, 1.165) is 27.0 Å². The fraction of sp³-hybridized carbons (Fsp3) is 0.286. The fourth-order valence-electron chi connectivity index (χ4n) is 2.03. The summed E-state index contributed by atoms with van der Waals surface area (Å²) in [4.78, 5) is 12.3. The maximum Gasteiger partial charge on any atom is 0.169 e. The van der Waals surface area contributed by atoms with Crippen LogP contribution in [0.15, 0.2) is 28.7 Å². The molecule has 0 radical (unpaired) electrons. The Morgan fingerprint density at radius 3 is 2.61 bits per heavy atom. The maximum absolute atomic E-state index is 12.3. The molecule has 1 heterocycles. The van der Waals surface area contributed by atoms with Crippen LogP contribution in [0.2, 0.25) is 0 Å². The maximum atomic E-state index is 12.3. The van der Waals surface area contributed by atoms with Crippen LogP contribution in [0, 0.1) is 13.8 Å². The van der Waals surface area contributed by atoms with E-state index in [0.29, 0.717) is 6.42 Å². The number of nitrogens with zero attached hydrogens (tertiary/aromatic N) is 2. The number of carbonyl (C=O) groups is 1. The van der Waals surface area contributed by atoms with Gasteiger partial charge in [-0.25, -0.2) is 0 Å². The SMILES string of the molecule is Cc1cc(CC(=O)c2ccc(Br)cc2C)n(C)n1. The standard InChI is InChI=1S/C14H15BrN2O/c1-9-6-11(15)4-5-13(9)14(18)8-12-7-10(2)16-17(12)3/h4-7H,8H2,1-3H3. The number of carbonyl (C=O) groups excluding carboxylic acids is 1. The topological polar surface area (TPSA) is 34.9 Å². The van der Waals surface area contributed by atoms with Crippen molar-refractivity contribution in [2.24, 2.45) is 7.05 Å². The van der Waals surface area contributed by atoms with Crippen molar-refractivity contribution < 1.29 is 4.79 Å². The zero-order valence-electron chi connectivity index (χ0n) is 10.7. The summed E-state index contributed by atoms with van der Waals surface area (Å²) in [7, 11) is 1.87. The van der Waals surface area contributed by atoms with Gasteiger partial charge in [-0.1, -0.05) is 22.0 Å². The van der Waals surface area contributed by atoms with Crippen LogP contribution in [0.3, 0.4) is 0 Å². The molecule has 0 saturated carbocycles. The largest absolute Gasteiger partial charge is 0.294 e. The minimum absolute atomic E-state index is 0.128. The zero-order valence-corrected chi connectivity index (χ0v) is 12.3. The molecule has 0 saturated heterocycles. The minimum Gasteiger partial charge on any atom is -0.294 e. The van der Waals surface area contributed by atoms with Gasteiger partial charge >= 0.3 is 0 Å². The van der Waals surface area contributed by atoms with Crippen molar-refractivity contribution in [3.63, 3.8) is 0 Å². The first-order chi connectivity index (χ1) is 8.47.